The van der Waals surface area contributed by atoms with Crippen LogP contribution in [0.15, 0.2) is 18.3 Å². The van der Waals surface area contributed by atoms with Crippen LogP contribution in [0.4, 0.5) is 0 Å². The molecule has 1 aromatic rings. The van der Waals surface area contributed by atoms with Gasteiger partial charge in [-0.2, -0.15) is 0 Å². The van der Waals surface area contributed by atoms with Crippen LogP contribution < -0.4 is 5.32 Å². The molecule has 1 unspecified atom stereocenters. The first-order valence-corrected chi connectivity index (χ1v) is 5.18. The SMILES string of the molecule is CCCNC(C)CCc1ccc[nH]1. The minimum Gasteiger partial charge on any atom is -0.365 e. The molecule has 1 atom stereocenters. The van der Waals surface area contributed by atoms with Crippen molar-refractivity contribution in [3.05, 3.63) is 24.0 Å². The Bertz CT molecular complexity index is 204. The molecule has 2 heteroatoms. The summed E-state index contributed by atoms with van der Waals surface area (Å²) in [6.07, 6.45) is 5.55. The second kappa shape index (κ2) is 5.81. The maximum absolute atomic E-state index is 3.48. The van der Waals surface area contributed by atoms with Crippen molar-refractivity contribution in [2.24, 2.45) is 0 Å². The molecular formula is C11H20N2. The molecular weight excluding hydrogens is 160 g/mol. The third-order valence-electron chi connectivity index (χ3n) is 2.25. The van der Waals surface area contributed by atoms with E-state index in [2.05, 4.69) is 36.3 Å². The van der Waals surface area contributed by atoms with Gasteiger partial charge in [0.2, 0.25) is 0 Å². The van der Waals surface area contributed by atoms with Gasteiger partial charge >= 0.3 is 0 Å². The number of hydrogen-bond donors (Lipinski definition) is 2. The molecule has 2 nitrogen and oxygen atoms in total. The molecule has 1 heterocycles. The quantitative estimate of drug-likeness (QED) is 0.691. The Kier molecular flexibility index (Phi) is 4.61. The highest BCUT2D eigenvalue weighted by molar-refractivity contribution is 5.03. The molecule has 13 heavy (non-hydrogen) atoms. The summed E-state index contributed by atoms with van der Waals surface area (Å²) >= 11 is 0. The largest absolute Gasteiger partial charge is 0.365 e. The molecule has 0 aliphatic carbocycles. The zero-order valence-electron chi connectivity index (χ0n) is 8.64. The molecule has 0 aromatic carbocycles. The van der Waals surface area contributed by atoms with Gasteiger partial charge in [0, 0.05) is 17.9 Å². The summed E-state index contributed by atoms with van der Waals surface area (Å²) < 4.78 is 0. The molecule has 0 spiro atoms. The van der Waals surface area contributed by atoms with Crippen LogP contribution in [0.5, 0.6) is 0 Å². The molecule has 2 N–H and O–H groups in total. The van der Waals surface area contributed by atoms with E-state index in [1.807, 2.05) is 6.20 Å². The lowest BCUT2D eigenvalue weighted by atomic mass is 10.1. The number of aryl methyl sites for hydroxylation is 1. The second-order valence-electron chi connectivity index (χ2n) is 3.59. The molecule has 0 aliphatic rings. The Balaban J connectivity index is 2.11. The van der Waals surface area contributed by atoms with E-state index in [-0.39, 0.29) is 0 Å². The molecule has 0 saturated heterocycles. The Morgan fingerprint density at radius 2 is 2.38 bits per heavy atom. The smallest absolute Gasteiger partial charge is 0.0147 e. The van der Waals surface area contributed by atoms with Gasteiger partial charge in [-0.1, -0.05) is 6.92 Å². The molecule has 0 fully saturated rings. The predicted octanol–water partition coefficient (Wildman–Crippen LogP) is 2.34. The van der Waals surface area contributed by atoms with Crippen LogP contribution in [-0.4, -0.2) is 17.6 Å². The lowest BCUT2D eigenvalue weighted by molar-refractivity contribution is 0.512. The lowest BCUT2D eigenvalue weighted by Crippen LogP contribution is -2.27. The van der Waals surface area contributed by atoms with E-state index in [9.17, 15) is 0 Å². The van der Waals surface area contributed by atoms with Gasteiger partial charge in [0.15, 0.2) is 0 Å². The molecule has 0 radical (unpaired) electrons. The van der Waals surface area contributed by atoms with Gasteiger partial charge in [0.25, 0.3) is 0 Å². The first kappa shape index (κ1) is 10.3. The highest BCUT2D eigenvalue weighted by Gasteiger charge is 2.00. The van der Waals surface area contributed by atoms with Crippen molar-refractivity contribution >= 4 is 0 Å². The average Bonchev–Trinajstić information content (AvgIpc) is 2.64. The Morgan fingerprint density at radius 1 is 1.54 bits per heavy atom. The molecule has 1 aromatic heterocycles. The van der Waals surface area contributed by atoms with E-state index in [4.69, 9.17) is 0 Å². The van der Waals surface area contributed by atoms with E-state index in [0.717, 1.165) is 13.0 Å². The normalized spacial score (nSPS) is 13.1. The van der Waals surface area contributed by atoms with Crippen molar-refractivity contribution in [1.29, 1.82) is 0 Å². The number of aromatic nitrogens is 1. The second-order valence-corrected chi connectivity index (χ2v) is 3.59. The van der Waals surface area contributed by atoms with E-state index >= 15 is 0 Å². The Hall–Kier alpha value is -0.760. The summed E-state index contributed by atoms with van der Waals surface area (Å²) in [6.45, 7) is 5.58. The lowest BCUT2D eigenvalue weighted by Gasteiger charge is -2.11. The number of rotatable bonds is 6. The molecule has 0 aliphatic heterocycles. The van der Waals surface area contributed by atoms with Crippen LogP contribution in [0.3, 0.4) is 0 Å². The van der Waals surface area contributed by atoms with Gasteiger partial charge in [0.1, 0.15) is 0 Å². The minimum absolute atomic E-state index is 0.628. The van der Waals surface area contributed by atoms with Crippen LogP contribution in [0.1, 0.15) is 32.4 Å². The summed E-state index contributed by atoms with van der Waals surface area (Å²) in [4.78, 5) is 3.22. The van der Waals surface area contributed by atoms with Crippen molar-refractivity contribution in [1.82, 2.24) is 10.3 Å². The summed E-state index contributed by atoms with van der Waals surface area (Å²) in [5, 5.41) is 3.48. The predicted molar refractivity (Wildman–Crippen MR) is 56.9 cm³/mol. The highest BCUT2D eigenvalue weighted by atomic mass is 14.9. The first-order chi connectivity index (χ1) is 6.33. The van der Waals surface area contributed by atoms with Gasteiger partial charge in [-0.3, -0.25) is 0 Å². The standard InChI is InChI=1S/C11H20N2/c1-3-8-12-10(2)6-7-11-5-4-9-13-11/h4-5,9-10,12-13H,3,6-8H2,1-2H3. The van der Waals surface area contributed by atoms with Gasteiger partial charge in [-0.15, -0.1) is 0 Å². The number of hydrogen-bond acceptors (Lipinski definition) is 1. The first-order valence-electron chi connectivity index (χ1n) is 5.18. The van der Waals surface area contributed by atoms with Gasteiger partial charge < -0.3 is 10.3 Å². The number of aromatic amines is 1. The number of nitrogens with one attached hydrogen (secondary N) is 2. The molecule has 74 valence electrons. The van der Waals surface area contributed by atoms with E-state index in [0.29, 0.717) is 6.04 Å². The third kappa shape index (κ3) is 4.13. The molecule has 0 bridgehead atoms. The highest BCUT2D eigenvalue weighted by Crippen LogP contribution is 2.01. The maximum Gasteiger partial charge on any atom is 0.0147 e. The van der Waals surface area contributed by atoms with Crippen LogP contribution >= 0.6 is 0 Å². The average molecular weight is 180 g/mol. The van der Waals surface area contributed by atoms with E-state index < -0.39 is 0 Å². The number of H-pyrrole nitrogens is 1. The zero-order chi connectivity index (χ0) is 9.52. The van der Waals surface area contributed by atoms with Gasteiger partial charge in [0.05, 0.1) is 0 Å². The van der Waals surface area contributed by atoms with Gasteiger partial charge in [-0.25, -0.2) is 0 Å². The third-order valence-corrected chi connectivity index (χ3v) is 2.25. The molecule has 0 saturated carbocycles. The van der Waals surface area contributed by atoms with Gasteiger partial charge in [-0.05, 0) is 44.9 Å². The van der Waals surface area contributed by atoms with E-state index in [1.165, 1.54) is 18.5 Å². The topological polar surface area (TPSA) is 27.8 Å². The Labute approximate surface area is 80.7 Å². The summed E-state index contributed by atoms with van der Waals surface area (Å²) in [5.41, 5.74) is 1.34. The van der Waals surface area contributed by atoms with Crippen molar-refractivity contribution in [3.8, 4) is 0 Å². The fourth-order valence-electron chi connectivity index (χ4n) is 1.39. The van der Waals surface area contributed by atoms with Crippen LogP contribution in [0.2, 0.25) is 0 Å². The summed E-state index contributed by atoms with van der Waals surface area (Å²) in [7, 11) is 0. The molecule has 1 rings (SSSR count). The van der Waals surface area contributed by atoms with Crippen LogP contribution in [-0.2, 0) is 6.42 Å². The van der Waals surface area contributed by atoms with Crippen molar-refractivity contribution in [3.63, 3.8) is 0 Å². The van der Waals surface area contributed by atoms with Crippen LogP contribution in [0, 0.1) is 0 Å². The van der Waals surface area contributed by atoms with Crippen molar-refractivity contribution < 1.29 is 0 Å². The molecule has 0 amide bonds. The zero-order valence-corrected chi connectivity index (χ0v) is 8.64. The maximum atomic E-state index is 3.48. The fourth-order valence-corrected chi connectivity index (χ4v) is 1.39. The minimum atomic E-state index is 0.628. The fraction of sp³-hybridized carbons (Fsp3) is 0.636. The van der Waals surface area contributed by atoms with E-state index in [1.54, 1.807) is 0 Å². The Morgan fingerprint density at radius 3 is 3.00 bits per heavy atom. The monoisotopic (exact) mass is 180 g/mol. The van der Waals surface area contributed by atoms with Crippen molar-refractivity contribution in [2.45, 2.75) is 39.2 Å². The van der Waals surface area contributed by atoms with Crippen molar-refractivity contribution in [2.75, 3.05) is 6.54 Å². The summed E-state index contributed by atoms with van der Waals surface area (Å²) in [5.74, 6) is 0. The summed E-state index contributed by atoms with van der Waals surface area (Å²) in [6, 6.07) is 4.83. The van der Waals surface area contributed by atoms with Crippen LogP contribution in [0.25, 0.3) is 0 Å².